The molecule has 1 aromatic rings. The topological polar surface area (TPSA) is 4.93 Å². The zero-order valence-electron chi connectivity index (χ0n) is 11.3. The monoisotopic (exact) mass is 351 g/mol. The van der Waals surface area contributed by atoms with Gasteiger partial charge in [0.2, 0.25) is 0 Å². The van der Waals surface area contributed by atoms with Crippen LogP contribution in [0.2, 0.25) is 6.82 Å². The minimum atomic E-state index is 0.368. The molecule has 0 fully saturated rings. The highest BCUT2D eigenvalue weighted by atomic mass is 127. The predicted molar refractivity (Wildman–Crippen MR) is 95.1 cm³/mol. The molecule has 0 saturated heterocycles. The van der Waals surface area contributed by atoms with Crippen LogP contribution in [0, 0.1) is 0 Å². The molecule has 0 amide bonds. The summed E-state index contributed by atoms with van der Waals surface area (Å²) >= 11 is 2.43. The Morgan fingerprint density at radius 2 is 1.39 bits per heavy atom. The molecule has 0 bridgehead atoms. The van der Waals surface area contributed by atoms with E-state index < -0.39 is 0 Å². The second-order valence-electron chi connectivity index (χ2n) is 3.95. The van der Waals surface area contributed by atoms with Gasteiger partial charge in [-0.3, -0.25) is 0 Å². The van der Waals surface area contributed by atoms with Crippen LogP contribution >= 0.6 is 22.4 Å². The van der Waals surface area contributed by atoms with Crippen LogP contribution in [0.15, 0.2) is 25.3 Å². The second-order valence-corrected chi connectivity index (χ2v) is 5.75. The fourth-order valence-electron chi connectivity index (χ4n) is 2.13. The third-order valence-corrected chi connectivity index (χ3v) is 3.33. The highest BCUT2D eigenvalue weighted by Gasteiger charge is 2.19. The summed E-state index contributed by atoms with van der Waals surface area (Å²) in [6.45, 7) is 14.1. The van der Waals surface area contributed by atoms with E-state index in [2.05, 4.69) is 71.1 Å². The summed E-state index contributed by atoms with van der Waals surface area (Å²) < 4.78 is 2.68. The van der Waals surface area contributed by atoms with Gasteiger partial charge in [0.1, 0.15) is 0 Å². The zero-order valence-corrected chi connectivity index (χ0v) is 13.4. The summed E-state index contributed by atoms with van der Waals surface area (Å²) in [5.41, 5.74) is 4.69. The van der Waals surface area contributed by atoms with Gasteiger partial charge in [0.05, 0.1) is 0 Å². The number of rotatable bonds is 5. The largest absolute Gasteiger partial charge is 0.375 e. The van der Waals surface area contributed by atoms with Crippen molar-refractivity contribution in [3.8, 4) is 0 Å². The molecule has 18 heavy (non-hydrogen) atoms. The smallest absolute Gasteiger partial charge is 0.329 e. The highest BCUT2D eigenvalue weighted by Crippen LogP contribution is 2.29. The van der Waals surface area contributed by atoms with E-state index in [-0.39, 0.29) is 0 Å². The molecule has 0 N–H and O–H groups in total. The first kappa shape index (κ1) is 15.1. The van der Waals surface area contributed by atoms with Gasteiger partial charge in [-0.2, -0.15) is 0 Å². The van der Waals surface area contributed by atoms with Crippen molar-refractivity contribution < 1.29 is 0 Å². The van der Waals surface area contributed by atoms with E-state index in [4.69, 9.17) is 0 Å². The molecule has 0 atom stereocenters. The van der Waals surface area contributed by atoms with Crippen LogP contribution in [0.1, 0.15) is 36.4 Å². The third kappa shape index (κ3) is 2.71. The molecule has 1 heterocycles. The molecule has 0 spiro atoms. The Morgan fingerprint density at radius 3 is 1.61 bits per heavy atom. The molecule has 0 saturated carbocycles. The van der Waals surface area contributed by atoms with Crippen molar-refractivity contribution in [2.24, 2.45) is 0 Å². The standard InChI is InChI=1S/C15H19BIN/c1-6-10-14-12(8-3)13(9-4)15(11-7-2)18(14)16(5)17/h6-11H,3-4H2,1-2,5H3/b10-6-,11-7-. The van der Waals surface area contributed by atoms with Crippen molar-refractivity contribution in [3.05, 3.63) is 47.8 Å². The minimum Gasteiger partial charge on any atom is -0.375 e. The quantitative estimate of drug-likeness (QED) is 0.505. The van der Waals surface area contributed by atoms with E-state index in [0.717, 1.165) is 11.1 Å². The molecule has 1 aromatic heterocycles. The zero-order chi connectivity index (χ0) is 13.7. The van der Waals surface area contributed by atoms with Gasteiger partial charge in [0.25, 0.3) is 0 Å². The van der Waals surface area contributed by atoms with E-state index in [9.17, 15) is 0 Å². The van der Waals surface area contributed by atoms with Crippen LogP contribution in [0.25, 0.3) is 24.3 Å². The maximum Gasteiger partial charge on any atom is 0.329 e. The van der Waals surface area contributed by atoms with Crippen LogP contribution in [0.5, 0.6) is 0 Å². The number of allylic oxidation sites excluding steroid dienone is 2. The molecular formula is C15H19BIN. The molecule has 1 nitrogen and oxygen atoms in total. The van der Waals surface area contributed by atoms with Gasteiger partial charge >= 0.3 is 4.70 Å². The minimum absolute atomic E-state index is 0.368. The van der Waals surface area contributed by atoms with Gasteiger partial charge in [-0.1, -0.05) is 44.3 Å². The van der Waals surface area contributed by atoms with Crippen molar-refractivity contribution in [1.29, 1.82) is 0 Å². The van der Waals surface area contributed by atoms with Gasteiger partial charge in [0.15, 0.2) is 0 Å². The summed E-state index contributed by atoms with van der Waals surface area (Å²) in [7, 11) is 0. The number of hydrogen-bond donors (Lipinski definition) is 0. The number of halogens is 1. The third-order valence-electron chi connectivity index (χ3n) is 2.77. The number of hydrogen-bond acceptors (Lipinski definition) is 0. The first-order valence-electron chi connectivity index (χ1n) is 6.04. The first-order valence-corrected chi connectivity index (χ1v) is 7.29. The maximum absolute atomic E-state index is 3.93. The van der Waals surface area contributed by atoms with Crippen molar-refractivity contribution in [3.63, 3.8) is 0 Å². The van der Waals surface area contributed by atoms with Crippen LogP contribution in [0.3, 0.4) is 0 Å². The molecule has 0 unspecified atom stereocenters. The molecule has 94 valence electrons. The molecule has 3 heteroatoms. The van der Waals surface area contributed by atoms with E-state index >= 15 is 0 Å². The fourth-order valence-corrected chi connectivity index (χ4v) is 2.73. The molecule has 1 rings (SSSR count). The number of nitrogens with zero attached hydrogens (tertiary/aromatic N) is 1. The van der Waals surface area contributed by atoms with Crippen molar-refractivity contribution in [2.75, 3.05) is 0 Å². The van der Waals surface area contributed by atoms with Crippen molar-refractivity contribution in [1.82, 2.24) is 4.48 Å². The van der Waals surface area contributed by atoms with Gasteiger partial charge < -0.3 is 4.48 Å². The Morgan fingerprint density at radius 1 is 1.00 bits per heavy atom. The Labute approximate surface area is 124 Å². The highest BCUT2D eigenvalue weighted by molar-refractivity contribution is 14.1. The van der Waals surface area contributed by atoms with Crippen molar-refractivity contribution >= 4 is 51.4 Å². The van der Waals surface area contributed by atoms with E-state index in [1.807, 2.05) is 26.0 Å². The van der Waals surface area contributed by atoms with Crippen LogP contribution in [-0.4, -0.2) is 9.18 Å². The Bertz CT molecular complexity index is 466. The van der Waals surface area contributed by atoms with Crippen molar-refractivity contribution in [2.45, 2.75) is 20.7 Å². The van der Waals surface area contributed by atoms with Crippen LogP contribution in [-0.2, 0) is 0 Å². The van der Waals surface area contributed by atoms with Gasteiger partial charge in [0, 0.05) is 22.5 Å². The fraction of sp³-hybridized carbons (Fsp3) is 0.200. The van der Waals surface area contributed by atoms with E-state index in [0.29, 0.717) is 4.70 Å². The normalized spacial score (nSPS) is 11.3. The molecule has 0 aliphatic carbocycles. The summed E-state index contributed by atoms with van der Waals surface area (Å²) in [6.07, 6.45) is 12.2. The maximum atomic E-state index is 3.93. The summed E-state index contributed by atoms with van der Waals surface area (Å²) in [6, 6.07) is 0. The van der Waals surface area contributed by atoms with Crippen LogP contribution in [0.4, 0.5) is 0 Å². The lowest BCUT2D eigenvalue weighted by Crippen LogP contribution is -2.15. The average molecular weight is 351 g/mol. The van der Waals surface area contributed by atoms with E-state index in [1.165, 1.54) is 11.4 Å². The molecule has 0 aliphatic rings. The second kappa shape index (κ2) is 6.83. The Balaban J connectivity index is 3.77. The molecular weight excluding hydrogens is 332 g/mol. The lowest BCUT2D eigenvalue weighted by molar-refractivity contribution is 1.18. The Kier molecular flexibility index (Phi) is 5.73. The molecule has 0 aliphatic heterocycles. The SMILES string of the molecule is C=Cc1c(C=C)c(/C=C\C)n(B(C)I)c1/C=C\C. The van der Waals surface area contributed by atoms with Gasteiger partial charge in [-0.25, -0.2) is 0 Å². The average Bonchev–Trinajstić information content (AvgIpc) is 2.63. The Hall–Kier alpha value is -0.965. The summed E-state index contributed by atoms with van der Waals surface area (Å²) in [5, 5.41) is 0. The predicted octanol–water partition coefficient (Wildman–Crippen LogP) is 5.24. The lowest BCUT2D eigenvalue weighted by Gasteiger charge is -2.10. The van der Waals surface area contributed by atoms with Gasteiger partial charge in [-0.05, 0) is 26.0 Å². The molecule has 0 radical (unpaired) electrons. The van der Waals surface area contributed by atoms with Gasteiger partial charge in [-0.15, -0.1) is 22.4 Å². The summed E-state index contributed by atoms with van der Waals surface area (Å²) in [4.78, 5) is 0. The lowest BCUT2D eigenvalue weighted by atomic mass is 9.97. The van der Waals surface area contributed by atoms with Crippen LogP contribution < -0.4 is 0 Å². The molecule has 0 aromatic carbocycles. The summed E-state index contributed by atoms with van der Waals surface area (Å²) in [5.74, 6) is 0. The first-order chi connectivity index (χ1) is 8.62. The van der Waals surface area contributed by atoms with E-state index in [1.54, 1.807) is 0 Å². The number of aromatic nitrogens is 1.